The highest BCUT2D eigenvalue weighted by molar-refractivity contribution is 6.31. The van der Waals surface area contributed by atoms with Gasteiger partial charge >= 0.3 is 6.03 Å². The highest BCUT2D eigenvalue weighted by Gasteiger charge is 2.21. The van der Waals surface area contributed by atoms with Crippen LogP contribution in [0.5, 0.6) is 0 Å². The lowest BCUT2D eigenvalue weighted by Crippen LogP contribution is -2.29. The Morgan fingerprint density at radius 1 is 0.912 bits per heavy atom. The number of amides is 2. The summed E-state index contributed by atoms with van der Waals surface area (Å²) >= 11 is 6.35. The molecule has 2 amide bonds. The molecule has 2 N–H and O–H groups in total. The van der Waals surface area contributed by atoms with E-state index in [2.05, 4.69) is 24.5 Å². The molecule has 1 heterocycles. The number of urea groups is 1. The number of carbonyl (C=O) groups is 1. The van der Waals surface area contributed by atoms with E-state index in [0.717, 1.165) is 38.8 Å². The zero-order chi connectivity index (χ0) is 24.6. The molecule has 0 atom stereocenters. The average molecular weight is 474 g/mol. The van der Waals surface area contributed by atoms with Gasteiger partial charge in [-0.05, 0) is 60.2 Å². The second-order valence-electron chi connectivity index (χ2n) is 8.86. The molecule has 0 aliphatic heterocycles. The topological polar surface area (TPSA) is 63.1 Å². The van der Waals surface area contributed by atoms with Gasteiger partial charge in [0.1, 0.15) is 5.69 Å². The fourth-order valence-electron chi connectivity index (χ4n) is 4.37. The molecule has 0 radical (unpaired) electrons. The molecule has 4 rings (SSSR count). The molecule has 174 valence electrons. The monoisotopic (exact) mass is 473 g/mol. The summed E-state index contributed by atoms with van der Waals surface area (Å²) in [5.41, 5.74) is 5.91. The maximum absolute atomic E-state index is 13.5. The van der Waals surface area contributed by atoms with Crippen molar-refractivity contribution in [3.8, 4) is 11.1 Å². The van der Waals surface area contributed by atoms with Gasteiger partial charge in [0, 0.05) is 28.7 Å². The summed E-state index contributed by atoms with van der Waals surface area (Å²) in [6.07, 6.45) is 0. The maximum atomic E-state index is 13.5. The Morgan fingerprint density at radius 2 is 1.59 bits per heavy atom. The molecule has 0 spiro atoms. The van der Waals surface area contributed by atoms with E-state index in [1.54, 1.807) is 13.1 Å². The van der Waals surface area contributed by atoms with Crippen molar-refractivity contribution in [2.24, 2.45) is 7.05 Å². The van der Waals surface area contributed by atoms with Gasteiger partial charge in [-0.2, -0.15) is 0 Å². The second kappa shape index (κ2) is 9.35. The van der Waals surface area contributed by atoms with Crippen molar-refractivity contribution in [3.05, 3.63) is 92.7 Å². The Kier molecular flexibility index (Phi) is 6.49. The number of fused-ring (bicyclic) bond motifs is 1. The van der Waals surface area contributed by atoms with Crippen LogP contribution in [-0.2, 0) is 7.05 Å². The number of aromatic nitrogens is 1. The Bertz CT molecular complexity index is 1470. The second-order valence-corrected chi connectivity index (χ2v) is 9.30. The van der Waals surface area contributed by atoms with Gasteiger partial charge in [0.15, 0.2) is 0 Å². The standard InChI is InChI=1S/C28H28ClN3O2/c1-16(2)20-12-8-10-18(4)25(20)30-28(34)31-26-24(21-11-7-6-9-17(21)3)22-15-19(29)13-14-23(22)32(5)27(26)33/h6-16H,1-5H3,(H2,30,31,34). The molecule has 0 saturated carbocycles. The summed E-state index contributed by atoms with van der Waals surface area (Å²) in [5, 5.41) is 7.20. The molecule has 4 aromatic rings. The number of hydrogen-bond donors (Lipinski definition) is 2. The summed E-state index contributed by atoms with van der Waals surface area (Å²) in [5.74, 6) is 0.230. The number of para-hydroxylation sites is 1. The zero-order valence-corrected chi connectivity index (χ0v) is 20.7. The first-order valence-corrected chi connectivity index (χ1v) is 11.6. The molecule has 5 nitrogen and oxygen atoms in total. The third kappa shape index (κ3) is 4.31. The minimum Gasteiger partial charge on any atom is -0.310 e. The van der Waals surface area contributed by atoms with E-state index >= 15 is 0 Å². The van der Waals surface area contributed by atoms with Crippen LogP contribution in [0.3, 0.4) is 0 Å². The highest BCUT2D eigenvalue weighted by Crippen LogP contribution is 2.36. The van der Waals surface area contributed by atoms with E-state index in [-0.39, 0.29) is 17.2 Å². The summed E-state index contributed by atoms with van der Waals surface area (Å²) < 4.78 is 1.54. The number of benzene rings is 3. The molecule has 1 aromatic heterocycles. The van der Waals surface area contributed by atoms with E-state index in [0.29, 0.717) is 10.6 Å². The molecule has 0 bridgehead atoms. The van der Waals surface area contributed by atoms with Gasteiger partial charge in [0.25, 0.3) is 5.56 Å². The fraction of sp³-hybridized carbons (Fsp3) is 0.214. The van der Waals surface area contributed by atoms with Crippen molar-refractivity contribution >= 4 is 39.9 Å². The molecule has 34 heavy (non-hydrogen) atoms. The average Bonchev–Trinajstić information content (AvgIpc) is 2.79. The molecule has 0 unspecified atom stereocenters. The van der Waals surface area contributed by atoms with Crippen LogP contribution in [0.2, 0.25) is 5.02 Å². The van der Waals surface area contributed by atoms with E-state index < -0.39 is 6.03 Å². The first-order chi connectivity index (χ1) is 16.2. The fourth-order valence-corrected chi connectivity index (χ4v) is 4.54. The van der Waals surface area contributed by atoms with Crippen molar-refractivity contribution < 1.29 is 4.79 Å². The SMILES string of the molecule is Cc1ccccc1-c1c(NC(=O)Nc2c(C)cccc2C(C)C)c(=O)n(C)c2ccc(Cl)cc12. The summed E-state index contributed by atoms with van der Waals surface area (Å²) in [6.45, 7) is 8.10. The van der Waals surface area contributed by atoms with Crippen LogP contribution in [0.4, 0.5) is 16.2 Å². The van der Waals surface area contributed by atoms with Gasteiger partial charge in [-0.25, -0.2) is 4.79 Å². The summed E-state index contributed by atoms with van der Waals surface area (Å²) in [4.78, 5) is 26.7. The van der Waals surface area contributed by atoms with Crippen molar-refractivity contribution in [1.29, 1.82) is 0 Å². The maximum Gasteiger partial charge on any atom is 0.323 e. The summed E-state index contributed by atoms with van der Waals surface area (Å²) in [6, 6.07) is 18.7. The number of halogens is 1. The Hall–Kier alpha value is -3.57. The van der Waals surface area contributed by atoms with Crippen molar-refractivity contribution in [2.45, 2.75) is 33.6 Å². The third-order valence-electron chi connectivity index (χ3n) is 6.18. The lowest BCUT2D eigenvalue weighted by molar-refractivity contribution is 0.262. The number of pyridine rings is 1. The van der Waals surface area contributed by atoms with Gasteiger partial charge < -0.3 is 15.2 Å². The molecule has 0 fully saturated rings. The Morgan fingerprint density at radius 3 is 2.29 bits per heavy atom. The molecule has 0 saturated heterocycles. The van der Waals surface area contributed by atoms with Gasteiger partial charge in [-0.15, -0.1) is 0 Å². The van der Waals surface area contributed by atoms with E-state index in [1.165, 1.54) is 4.57 Å². The smallest absolute Gasteiger partial charge is 0.310 e. The predicted molar refractivity (Wildman–Crippen MR) is 142 cm³/mol. The number of hydrogen-bond acceptors (Lipinski definition) is 2. The number of nitrogens with zero attached hydrogens (tertiary/aromatic N) is 1. The predicted octanol–water partition coefficient (Wildman–Crippen LogP) is 7.24. The largest absolute Gasteiger partial charge is 0.323 e. The molecule has 0 aliphatic carbocycles. The Labute approximate surface area is 204 Å². The van der Waals surface area contributed by atoms with Gasteiger partial charge in [-0.1, -0.05) is 67.9 Å². The lowest BCUT2D eigenvalue weighted by atomic mass is 9.95. The Balaban J connectivity index is 1.89. The van der Waals surface area contributed by atoms with Crippen LogP contribution in [0.25, 0.3) is 22.0 Å². The number of rotatable bonds is 4. The number of carbonyl (C=O) groups excluding carboxylic acids is 1. The van der Waals surface area contributed by atoms with Crippen LogP contribution >= 0.6 is 11.6 Å². The molecule has 6 heteroatoms. The highest BCUT2D eigenvalue weighted by atomic mass is 35.5. The molecular formula is C28H28ClN3O2. The summed E-state index contributed by atoms with van der Waals surface area (Å²) in [7, 11) is 1.70. The van der Waals surface area contributed by atoms with Crippen LogP contribution < -0.4 is 16.2 Å². The molecule has 3 aromatic carbocycles. The van der Waals surface area contributed by atoms with Crippen LogP contribution in [0.1, 0.15) is 36.5 Å². The lowest BCUT2D eigenvalue weighted by Gasteiger charge is -2.20. The quantitative estimate of drug-likeness (QED) is 0.328. The number of aryl methyl sites for hydroxylation is 3. The van der Waals surface area contributed by atoms with Gasteiger partial charge in [0.05, 0.1) is 5.52 Å². The zero-order valence-electron chi connectivity index (χ0n) is 20.0. The molecule has 0 aliphatic rings. The third-order valence-corrected chi connectivity index (χ3v) is 6.41. The molecular weight excluding hydrogens is 446 g/mol. The van der Waals surface area contributed by atoms with E-state index in [1.807, 2.05) is 68.4 Å². The number of anilines is 2. The van der Waals surface area contributed by atoms with Crippen LogP contribution in [0, 0.1) is 13.8 Å². The van der Waals surface area contributed by atoms with Crippen LogP contribution in [0.15, 0.2) is 65.5 Å². The van der Waals surface area contributed by atoms with Crippen LogP contribution in [-0.4, -0.2) is 10.6 Å². The van der Waals surface area contributed by atoms with Gasteiger partial charge in [0.2, 0.25) is 0 Å². The minimum atomic E-state index is -0.468. The van der Waals surface area contributed by atoms with E-state index in [9.17, 15) is 9.59 Å². The minimum absolute atomic E-state index is 0.212. The van der Waals surface area contributed by atoms with Crippen molar-refractivity contribution in [1.82, 2.24) is 4.57 Å². The van der Waals surface area contributed by atoms with Crippen molar-refractivity contribution in [2.75, 3.05) is 10.6 Å². The first-order valence-electron chi connectivity index (χ1n) is 11.2. The first kappa shape index (κ1) is 23.6. The van der Waals surface area contributed by atoms with Gasteiger partial charge in [-0.3, -0.25) is 4.79 Å². The van der Waals surface area contributed by atoms with Crippen molar-refractivity contribution in [3.63, 3.8) is 0 Å². The number of nitrogens with one attached hydrogen (secondary N) is 2. The normalized spacial score (nSPS) is 11.1. The van der Waals surface area contributed by atoms with E-state index in [4.69, 9.17) is 11.6 Å².